The van der Waals surface area contributed by atoms with Crippen LogP contribution >= 0.6 is 0 Å². The van der Waals surface area contributed by atoms with Crippen molar-refractivity contribution in [2.45, 2.75) is 32.7 Å². The van der Waals surface area contributed by atoms with E-state index in [1.165, 1.54) is 0 Å². The molecular formula is C29H26N2O4. The summed E-state index contributed by atoms with van der Waals surface area (Å²) in [5, 5.41) is 3.54. The van der Waals surface area contributed by atoms with E-state index in [0.29, 0.717) is 35.5 Å². The Morgan fingerprint density at radius 2 is 1.69 bits per heavy atom. The van der Waals surface area contributed by atoms with Gasteiger partial charge in [-0.2, -0.15) is 0 Å². The first-order chi connectivity index (χ1) is 16.9. The van der Waals surface area contributed by atoms with Crippen molar-refractivity contribution in [3.05, 3.63) is 95.2 Å². The van der Waals surface area contributed by atoms with Crippen LogP contribution < -0.4 is 19.7 Å². The molecule has 0 spiro atoms. The number of nitrogens with zero attached hydrogens (tertiary/aromatic N) is 1. The maximum Gasteiger partial charge on any atom is 0.259 e. The summed E-state index contributed by atoms with van der Waals surface area (Å²) in [7, 11) is 0. The average Bonchev–Trinajstić information content (AvgIpc) is 3.26. The van der Waals surface area contributed by atoms with Crippen molar-refractivity contribution in [2.24, 2.45) is 5.41 Å². The van der Waals surface area contributed by atoms with Crippen LogP contribution in [0.2, 0.25) is 0 Å². The molecule has 6 rings (SSSR count). The molecule has 0 saturated heterocycles. The van der Waals surface area contributed by atoms with Gasteiger partial charge in [0.25, 0.3) is 5.91 Å². The predicted octanol–water partition coefficient (Wildman–Crippen LogP) is 5.87. The Labute approximate surface area is 204 Å². The van der Waals surface area contributed by atoms with Gasteiger partial charge in [0.2, 0.25) is 6.79 Å². The monoisotopic (exact) mass is 466 g/mol. The fourth-order valence-corrected chi connectivity index (χ4v) is 5.33. The lowest BCUT2D eigenvalue weighted by Gasteiger charge is -2.37. The van der Waals surface area contributed by atoms with Gasteiger partial charge >= 0.3 is 0 Å². The Bertz CT molecular complexity index is 1380. The molecule has 3 aromatic carbocycles. The fourth-order valence-electron chi connectivity index (χ4n) is 5.33. The Morgan fingerprint density at radius 3 is 2.51 bits per heavy atom. The number of benzene rings is 3. The van der Waals surface area contributed by atoms with Gasteiger partial charge in [-0.3, -0.25) is 14.5 Å². The van der Waals surface area contributed by atoms with Crippen LogP contribution in [0.5, 0.6) is 11.5 Å². The first-order valence-electron chi connectivity index (χ1n) is 11.8. The number of carbonyl (C=O) groups is 2. The second-order valence-electron chi connectivity index (χ2n) is 10.0. The van der Waals surface area contributed by atoms with E-state index in [2.05, 4.69) is 19.2 Å². The van der Waals surface area contributed by atoms with Crippen molar-refractivity contribution >= 4 is 23.1 Å². The summed E-state index contributed by atoms with van der Waals surface area (Å²) < 4.78 is 11.2. The lowest BCUT2D eigenvalue weighted by atomic mass is 9.73. The summed E-state index contributed by atoms with van der Waals surface area (Å²) in [5.74, 6) is 1.15. The molecule has 3 aromatic rings. The highest BCUT2D eigenvalue weighted by Gasteiger charge is 2.43. The van der Waals surface area contributed by atoms with Crippen molar-refractivity contribution in [1.29, 1.82) is 0 Å². The van der Waals surface area contributed by atoms with Gasteiger partial charge in [0.15, 0.2) is 17.3 Å². The zero-order valence-electron chi connectivity index (χ0n) is 19.7. The molecule has 1 N–H and O–H groups in total. The molecule has 2 aliphatic heterocycles. The second-order valence-corrected chi connectivity index (χ2v) is 10.0. The highest BCUT2D eigenvalue weighted by Crippen LogP contribution is 2.49. The van der Waals surface area contributed by atoms with Crippen LogP contribution in [-0.2, 0) is 4.79 Å². The normalized spacial score (nSPS) is 20.0. The molecule has 1 amide bonds. The highest BCUT2D eigenvalue weighted by molar-refractivity contribution is 6.12. The molecule has 1 atom stereocenters. The highest BCUT2D eigenvalue weighted by atomic mass is 16.7. The van der Waals surface area contributed by atoms with Crippen LogP contribution in [0.15, 0.2) is 84.1 Å². The molecule has 0 saturated carbocycles. The molecular weight excluding hydrogens is 440 g/mol. The van der Waals surface area contributed by atoms with E-state index < -0.39 is 6.04 Å². The number of allylic oxidation sites excluding steroid dienone is 1. The van der Waals surface area contributed by atoms with E-state index in [9.17, 15) is 9.59 Å². The van der Waals surface area contributed by atoms with Gasteiger partial charge in [0, 0.05) is 23.3 Å². The van der Waals surface area contributed by atoms with Crippen molar-refractivity contribution in [1.82, 2.24) is 0 Å². The molecule has 6 heteroatoms. The summed E-state index contributed by atoms with van der Waals surface area (Å²) in [4.78, 5) is 29.7. The average molecular weight is 467 g/mol. The number of rotatable bonds is 2. The minimum Gasteiger partial charge on any atom is -0.454 e. The summed E-state index contributed by atoms with van der Waals surface area (Å²) in [6, 6.07) is 22.0. The van der Waals surface area contributed by atoms with Gasteiger partial charge in [-0.25, -0.2) is 0 Å². The first-order valence-corrected chi connectivity index (χ1v) is 11.8. The number of ether oxygens (including phenoxy) is 2. The topological polar surface area (TPSA) is 67.9 Å². The van der Waals surface area contributed by atoms with Crippen LogP contribution in [-0.4, -0.2) is 18.5 Å². The number of nitrogens with one attached hydrogen (secondary N) is 1. The van der Waals surface area contributed by atoms with E-state index >= 15 is 0 Å². The lowest BCUT2D eigenvalue weighted by molar-refractivity contribution is -0.118. The first kappa shape index (κ1) is 21.5. The number of ketones is 1. The Hall–Kier alpha value is -4.06. The SMILES string of the molecule is CC1(C)CC(=O)C2=C(C1)Nc1ccccc1N(C(=O)c1ccccc1)C2c1ccc2c(c1)OCO2. The maximum atomic E-state index is 14.1. The van der Waals surface area contributed by atoms with Crippen LogP contribution in [0.1, 0.15) is 48.7 Å². The number of carbonyl (C=O) groups excluding carboxylic acids is 2. The van der Waals surface area contributed by atoms with E-state index in [1.807, 2.05) is 60.7 Å². The maximum absolute atomic E-state index is 14.1. The minimum absolute atomic E-state index is 0.0464. The molecule has 0 fully saturated rings. The van der Waals surface area contributed by atoms with Crippen LogP contribution in [0.3, 0.4) is 0 Å². The zero-order valence-corrected chi connectivity index (χ0v) is 19.7. The van der Waals surface area contributed by atoms with E-state index in [-0.39, 0.29) is 23.9 Å². The largest absolute Gasteiger partial charge is 0.454 e. The summed E-state index contributed by atoms with van der Waals surface area (Å²) in [6.07, 6.45) is 1.12. The minimum atomic E-state index is -0.619. The Morgan fingerprint density at radius 1 is 0.943 bits per heavy atom. The molecule has 0 aromatic heterocycles. The lowest BCUT2D eigenvalue weighted by Crippen LogP contribution is -2.39. The van der Waals surface area contributed by atoms with Crippen molar-refractivity contribution in [3.63, 3.8) is 0 Å². The van der Waals surface area contributed by atoms with E-state index in [0.717, 1.165) is 22.6 Å². The number of hydrogen-bond acceptors (Lipinski definition) is 5. The molecule has 35 heavy (non-hydrogen) atoms. The zero-order chi connectivity index (χ0) is 24.2. The van der Waals surface area contributed by atoms with Gasteiger partial charge in [-0.05, 0) is 53.8 Å². The molecule has 0 radical (unpaired) electrons. The summed E-state index contributed by atoms with van der Waals surface area (Å²) in [5.41, 5.74) is 4.20. The smallest absolute Gasteiger partial charge is 0.259 e. The van der Waals surface area contributed by atoms with Crippen molar-refractivity contribution < 1.29 is 19.1 Å². The number of amides is 1. The van der Waals surface area contributed by atoms with Crippen LogP contribution in [0.25, 0.3) is 0 Å². The summed E-state index contributed by atoms with van der Waals surface area (Å²) in [6.45, 7) is 4.37. The number of fused-ring (bicyclic) bond motifs is 2. The molecule has 2 heterocycles. The molecule has 6 nitrogen and oxygen atoms in total. The van der Waals surface area contributed by atoms with Crippen LogP contribution in [0, 0.1) is 5.41 Å². The number of anilines is 2. The standard InChI is InChI=1S/C29H26N2O4/c1-29(2)15-21-26(23(32)16-29)27(19-12-13-24-25(14-19)35-17-34-24)31(22-11-7-6-10-20(22)30-21)28(33)18-8-4-3-5-9-18/h3-14,27,30H,15-17H2,1-2H3. The quantitative estimate of drug-likeness (QED) is 0.511. The molecule has 1 unspecified atom stereocenters. The molecule has 0 bridgehead atoms. The molecule has 176 valence electrons. The van der Waals surface area contributed by atoms with Gasteiger partial charge in [-0.15, -0.1) is 0 Å². The van der Waals surface area contributed by atoms with E-state index in [4.69, 9.17) is 9.47 Å². The van der Waals surface area contributed by atoms with Gasteiger partial charge in [-0.1, -0.05) is 50.2 Å². The number of para-hydroxylation sites is 2. The number of Topliss-reactive ketones (excluding diaryl/α,β-unsaturated/α-hetero) is 1. The fraction of sp³-hybridized carbons (Fsp3) is 0.241. The second kappa shape index (κ2) is 8.01. The van der Waals surface area contributed by atoms with Gasteiger partial charge in [0.1, 0.15) is 0 Å². The summed E-state index contributed by atoms with van der Waals surface area (Å²) >= 11 is 0. The van der Waals surface area contributed by atoms with Crippen molar-refractivity contribution in [3.8, 4) is 11.5 Å². The van der Waals surface area contributed by atoms with Crippen molar-refractivity contribution in [2.75, 3.05) is 17.0 Å². The number of hydrogen-bond donors (Lipinski definition) is 1. The van der Waals surface area contributed by atoms with Crippen LogP contribution in [0.4, 0.5) is 11.4 Å². The van der Waals surface area contributed by atoms with E-state index in [1.54, 1.807) is 17.0 Å². The predicted molar refractivity (Wildman–Crippen MR) is 134 cm³/mol. The Kier molecular flexibility index (Phi) is 4.92. The molecule has 1 aliphatic carbocycles. The third-order valence-electron chi connectivity index (χ3n) is 6.85. The third kappa shape index (κ3) is 3.66. The Balaban J connectivity index is 1.62. The third-order valence-corrected chi connectivity index (χ3v) is 6.85. The van der Waals surface area contributed by atoms with Gasteiger partial charge < -0.3 is 14.8 Å². The molecule has 3 aliphatic rings. The van der Waals surface area contributed by atoms with Gasteiger partial charge in [0.05, 0.1) is 17.4 Å².